The quantitative estimate of drug-likeness (QED) is 0.341. The van der Waals surface area contributed by atoms with Crippen molar-refractivity contribution in [2.75, 3.05) is 6.61 Å². The first-order chi connectivity index (χ1) is 12.5. The lowest BCUT2D eigenvalue weighted by Gasteiger charge is -2.08. The third-order valence-electron chi connectivity index (χ3n) is 3.53. The van der Waals surface area contributed by atoms with Gasteiger partial charge in [0.05, 0.1) is 17.3 Å². The highest BCUT2D eigenvalue weighted by atomic mass is 35.5. The van der Waals surface area contributed by atoms with Crippen LogP contribution < -0.4 is 10.2 Å². The molecule has 0 heterocycles. The van der Waals surface area contributed by atoms with Crippen molar-refractivity contribution in [3.8, 4) is 5.75 Å². The van der Waals surface area contributed by atoms with Gasteiger partial charge in [-0.15, -0.1) is 0 Å². The molecule has 4 nitrogen and oxygen atoms in total. The lowest BCUT2D eigenvalue weighted by Crippen LogP contribution is -2.20. The summed E-state index contributed by atoms with van der Waals surface area (Å²) >= 11 is 17.7. The van der Waals surface area contributed by atoms with E-state index in [0.29, 0.717) is 46.7 Å². The molecule has 0 spiro atoms. The van der Waals surface area contributed by atoms with Gasteiger partial charge in [-0.25, -0.2) is 5.43 Å². The third kappa shape index (κ3) is 6.52. The van der Waals surface area contributed by atoms with Crippen LogP contribution in [0.1, 0.15) is 31.7 Å². The summed E-state index contributed by atoms with van der Waals surface area (Å²) in [4.78, 5) is 11.9. The van der Waals surface area contributed by atoms with Gasteiger partial charge in [-0.3, -0.25) is 4.79 Å². The van der Waals surface area contributed by atoms with Crippen LogP contribution in [-0.4, -0.2) is 18.2 Å². The van der Waals surface area contributed by atoms with Gasteiger partial charge in [0, 0.05) is 16.5 Å². The van der Waals surface area contributed by atoms with Crippen molar-refractivity contribution >= 4 is 46.4 Å². The number of ether oxygens (including phenoxy) is 1. The highest BCUT2D eigenvalue weighted by molar-refractivity contribution is 6.35. The molecule has 0 saturated carbocycles. The van der Waals surface area contributed by atoms with E-state index >= 15 is 0 Å². The Hall–Kier alpha value is -1.75. The standard InChI is InChI=1S/C19H19Cl3N2O2/c1-2-17(13-5-7-14(20)8-6-13)23-24-19(25)4-3-11-26-18-10-9-15(21)12-16(18)22/h5-10,12H,2-4,11H2,1H3,(H,24,25). The first kappa shape index (κ1) is 20.6. The van der Waals surface area contributed by atoms with Crippen LogP contribution in [0.3, 0.4) is 0 Å². The number of carbonyl (C=O) groups is 1. The number of amides is 1. The van der Waals surface area contributed by atoms with Crippen LogP contribution in [0.15, 0.2) is 47.6 Å². The van der Waals surface area contributed by atoms with E-state index in [1.165, 1.54) is 0 Å². The number of benzene rings is 2. The molecule has 0 bridgehead atoms. The van der Waals surface area contributed by atoms with E-state index in [1.54, 1.807) is 30.3 Å². The number of carbonyl (C=O) groups excluding carboxylic acids is 1. The van der Waals surface area contributed by atoms with Gasteiger partial charge in [0.25, 0.3) is 0 Å². The SMILES string of the molecule is CCC(=NNC(=O)CCCOc1ccc(Cl)cc1Cl)c1ccc(Cl)cc1. The summed E-state index contributed by atoms with van der Waals surface area (Å²) in [5.74, 6) is 0.376. The number of hydrazone groups is 1. The summed E-state index contributed by atoms with van der Waals surface area (Å²) in [7, 11) is 0. The average molecular weight is 414 g/mol. The van der Waals surface area contributed by atoms with Gasteiger partial charge >= 0.3 is 0 Å². The van der Waals surface area contributed by atoms with E-state index in [4.69, 9.17) is 39.5 Å². The minimum Gasteiger partial charge on any atom is -0.492 e. The minimum absolute atomic E-state index is 0.171. The largest absolute Gasteiger partial charge is 0.492 e. The molecule has 0 fully saturated rings. The van der Waals surface area contributed by atoms with Gasteiger partial charge in [0.1, 0.15) is 5.75 Å². The molecule has 7 heteroatoms. The maximum absolute atomic E-state index is 11.9. The van der Waals surface area contributed by atoms with Crippen molar-refractivity contribution in [3.63, 3.8) is 0 Å². The zero-order valence-electron chi connectivity index (χ0n) is 14.3. The van der Waals surface area contributed by atoms with Crippen LogP contribution in [-0.2, 0) is 4.79 Å². The lowest BCUT2D eigenvalue weighted by molar-refractivity contribution is -0.121. The molecule has 0 aliphatic carbocycles. The molecule has 0 aliphatic rings. The first-order valence-electron chi connectivity index (χ1n) is 8.18. The molecular weight excluding hydrogens is 395 g/mol. The molecule has 0 atom stereocenters. The predicted octanol–water partition coefficient (Wildman–Crippen LogP) is 5.74. The molecule has 138 valence electrons. The maximum Gasteiger partial charge on any atom is 0.240 e. The second kappa shape index (κ2) is 10.4. The predicted molar refractivity (Wildman–Crippen MR) is 108 cm³/mol. The molecule has 26 heavy (non-hydrogen) atoms. The van der Waals surface area contributed by atoms with Crippen LogP contribution in [0.25, 0.3) is 0 Å². The lowest BCUT2D eigenvalue weighted by atomic mass is 10.1. The van der Waals surface area contributed by atoms with Crippen LogP contribution in [0.5, 0.6) is 5.75 Å². The summed E-state index contributed by atoms with van der Waals surface area (Å²) in [6.07, 6.45) is 1.54. The van der Waals surface area contributed by atoms with Crippen LogP contribution in [0.2, 0.25) is 15.1 Å². The monoisotopic (exact) mass is 412 g/mol. The Morgan fingerprint density at radius 1 is 1.08 bits per heavy atom. The summed E-state index contributed by atoms with van der Waals surface area (Å²) < 4.78 is 5.55. The van der Waals surface area contributed by atoms with Gasteiger partial charge in [0.2, 0.25) is 5.91 Å². The minimum atomic E-state index is -0.171. The van der Waals surface area contributed by atoms with Crippen molar-refractivity contribution in [3.05, 3.63) is 63.1 Å². The topological polar surface area (TPSA) is 50.7 Å². The number of rotatable bonds is 8. The molecule has 0 radical (unpaired) electrons. The van der Waals surface area contributed by atoms with Crippen molar-refractivity contribution in [2.24, 2.45) is 5.10 Å². The molecule has 2 aromatic carbocycles. The van der Waals surface area contributed by atoms with E-state index in [1.807, 2.05) is 19.1 Å². The van der Waals surface area contributed by atoms with Crippen LogP contribution in [0.4, 0.5) is 0 Å². The van der Waals surface area contributed by atoms with E-state index in [-0.39, 0.29) is 5.91 Å². The second-order valence-electron chi connectivity index (χ2n) is 5.48. The number of hydrogen-bond donors (Lipinski definition) is 1. The zero-order chi connectivity index (χ0) is 18.9. The van der Waals surface area contributed by atoms with Gasteiger partial charge in [0.15, 0.2) is 0 Å². The fourth-order valence-corrected chi connectivity index (χ4v) is 2.77. The Labute approximate surface area is 168 Å². The Balaban J connectivity index is 1.78. The summed E-state index contributed by atoms with van der Waals surface area (Å²) in [6.45, 7) is 2.35. The molecule has 1 N–H and O–H groups in total. The van der Waals surface area contributed by atoms with Crippen molar-refractivity contribution in [2.45, 2.75) is 26.2 Å². The smallest absolute Gasteiger partial charge is 0.240 e. The van der Waals surface area contributed by atoms with Crippen molar-refractivity contribution < 1.29 is 9.53 Å². The van der Waals surface area contributed by atoms with Crippen LogP contribution >= 0.6 is 34.8 Å². The Morgan fingerprint density at radius 2 is 1.77 bits per heavy atom. The van der Waals surface area contributed by atoms with E-state index in [0.717, 1.165) is 11.3 Å². The molecule has 0 unspecified atom stereocenters. The second-order valence-corrected chi connectivity index (χ2v) is 6.76. The average Bonchev–Trinajstić information content (AvgIpc) is 2.62. The summed E-state index contributed by atoms with van der Waals surface area (Å²) in [6, 6.07) is 12.4. The van der Waals surface area contributed by atoms with Gasteiger partial charge in [-0.2, -0.15) is 5.10 Å². The number of hydrogen-bond acceptors (Lipinski definition) is 3. The van der Waals surface area contributed by atoms with E-state index in [2.05, 4.69) is 10.5 Å². The number of halogens is 3. The molecule has 2 aromatic rings. The highest BCUT2D eigenvalue weighted by Crippen LogP contribution is 2.27. The number of nitrogens with one attached hydrogen (secondary N) is 1. The Kier molecular flexibility index (Phi) is 8.23. The fraction of sp³-hybridized carbons (Fsp3) is 0.263. The fourth-order valence-electron chi connectivity index (χ4n) is 2.18. The van der Waals surface area contributed by atoms with Crippen molar-refractivity contribution in [1.82, 2.24) is 5.43 Å². The van der Waals surface area contributed by atoms with Crippen LogP contribution in [0, 0.1) is 0 Å². The normalized spacial score (nSPS) is 11.3. The van der Waals surface area contributed by atoms with Gasteiger partial charge < -0.3 is 4.74 Å². The molecule has 0 aliphatic heterocycles. The number of nitrogens with zero attached hydrogens (tertiary/aromatic N) is 1. The summed E-state index contributed by atoms with van der Waals surface area (Å²) in [5, 5.41) is 5.86. The molecule has 0 aromatic heterocycles. The highest BCUT2D eigenvalue weighted by Gasteiger charge is 2.06. The molecular formula is C19H19Cl3N2O2. The van der Waals surface area contributed by atoms with E-state index < -0.39 is 0 Å². The Morgan fingerprint density at radius 3 is 2.42 bits per heavy atom. The molecule has 1 amide bonds. The maximum atomic E-state index is 11.9. The van der Waals surface area contributed by atoms with Crippen molar-refractivity contribution in [1.29, 1.82) is 0 Å². The van der Waals surface area contributed by atoms with Gasteiger partial charge in [-0.1, -0.05) is 53.9 Å². The van der Waals surface area contributed by atoms with E-state index in [9.17, 15) is 4.79 Å². The molecule has 0 saturated heterocycles. The van der Waals surface area contributed by atoms with Gasteiger partial charge in [-0.05, 0) is 48.7 Å². The summed E-state index contributed by atoms with van der Waals surface area (Å²) in [5.41, 5.74) is 4.30. The molecule has 2 rings (SSSR count). The zero-order valence-corrected chi connectivity index (χ0v) is 16.5. The Bertz CT molecular complexity index is 777. The third-order valence-corrected chi connectivity index (χ3v) is 4.31. The first-order valence-corrected chi connectivity index (χ1v) is 9.32.